The molecule has 1 amide bonds. The van der Waals surface area contributed by atoms with Crippen LogP contribution in [0.3, 0.4) is 0 Å². The lowest BCUT2D eigenvalue weighted by molar-refractivity contribution is 0.00554. The first-order valence-corrected chi connectivity index (χ1v) is 8.99. The largest absolute Gasteiger partial charge is 0.349 e. The van der Waals surface area contributed by atoms with E-state index in [9.17, 15) is 13.6 Å². The monoisotopic (exact) mass is 383 g/mol. The van der Waals surface area contributed by atoms with Crippen molar-refractivity contribution in [1.82, 2.24) is 25.1 Å². The zero-order chi connectivity index (χ0) is 19.9. The molecule has 1 N–H and O–H groups in total. The van der Waals surface area contributed by atoms with Gasteiger partial charge < -0.3 is 5.32 Å². The minimum absolute atomic E-state index is 0.180. The van der Waals surface area contributed by atoms with Crippen LogP contribution in [0.25, 0.3) is 16.9 Å². The molecule has 1 saturated carbocycles. The molecule has 0 radical (unpaired) electrons. The fraction of sp³-hybridized carbons (Fsp3) is 0.300. The number of benzene rings is 1. The molecule has 8 heteroatoms. The van der Waals surface area contributed by atoms with Gasteiger partial charge in [0.1, 0.15) is 6.33 Å². The molecule has 3 aromatic rings. The first kappa shape index (κ1) is 18.2. The van der Waals surface area contributed by atoms with Gasteiger partial charge in [-0.1, -0.05) is 6.07 Å². The highest BCUT2D eigenvalue weighted by atomic mass is 19.3. The number of aromatic nitrogens is 4. The fourth-order valence-electron chi connectivity index (χ4n) is 2.88. The van der Waals surface area contributed by atoms with Gasteiger partial charge in [-0.25, -0.2) is 9.67 Å². The fourth-order valence-corrected chi connectivity index (χ4v) is 2.88. The number of halogens is 2. The summed E-state index contributed by atoms with van der Waals surface area (Å²) in [6.45, 7) is 2.69. The maximum atomic E-state index is 13.9. The Balaban J connectivity index is 1.83. The molecule has 6 nitrogen and oxygen atoms in total. The van der Waals surface area contributed by atoms with Crippen LogP contribution in [0, 0.1) is 6.92 Å². The molecule has 1 aliphatic carbocycles. The van der Waals surface area contributed by atoms with Crippen molar-refractivity contribution >= 4 is 5.91 Å². The lowest BCUT2D eigenvalue weighted by Crippen LogP contribution is -2.25. The SMILES string of the molecule is Cc1ccc(-c2cc(C(=O)NC3CC3)cc(-n3ncnc3C(C)(F)F)c2)nc1. The van der Waals surface area contributed by atoms with Gasteiger partial charge in [-0.05, 0) is 49.6 Å². The molecule has 0 spiro atoms. The van der Waals surface area contributed by atoms with E-state index in [1.807, 2.05) is 19.1 Å². The third kappa shape index (κ3) is 3.76. The number of amides is 1. The van der Waals surface area contributed by atoms with Gasteiger partial charge in [0, 0.05) is 30.3 Å². The van der Waals surface area contributed by atoms with Crippen molar-refractivity contribution in [3.63, 3.8) is 0 Å². The molecule has 28 heavy (non-hydrogen) atoms. The summed E-state index contributed by atoms with van der Waals surface area (Å²) < 4.78 is 28.9. The van der Waals surface area contributed by atoms with Crippen molar-refractivity contribution in [2.24, 2.45) is 0 Å². The number of hydrogen-bond acceptors (Lipinski definition) is 4. The van der Waals surface area contributed by atoms with E-state index < -0.39 is 11.7 Å². The Kier molecular flexibility index (Phi) is 4.41. The number of nitrogens with zero attached hydrogens (tertiary/aromatic N) is 4. The summed E-state index contributed by atoms with van der Waals surface area (Å²) in [7, 11) is 0. The molecule has 1 aromatic carbocycles. The van der Waals surface area contributed by atoms with Gasteiger partial charge in [0.15, 0.2) is 0 Å². The summed E-state index contributed by atoms with van der Waals surface area (Å²) in [6, 6.07) is 8.83. The van der Waals surface area contributed by atoms with Gasteiger partial charge >= 0.3 is 5.92 Å². The number of hydrogen-bond donors (Lipinski definition) is 1. The zero-order valence-electron chi connectivity index (χ0n) is 15.5. The minimum Gasteiger partial charge on any atom is -0.349 e. The van der Waals surface area contributed by atoms with Crippen LogP contribution < -0.4 is 5.32 Å². The van der Waals surface area contributed by atoms with E-state index >= 15 is 0 Å². The van der Waals surface area contributed by atoms with Crippen LogP contribution in [0.5, 0.6) is 0 Å². The molecule has 0 bridgehead atoms. The molecular weight excluding hydrogens is 364 g/mol. The van der Waals surface area contributed by atoms with Crippen molar-refractivity contribution in [2.45, 2.75) is 38.7 Å². The molecule has 0 atom stereocenters. The van der Waals surface area contributed by atoms with Crippen LogP contribution in [-0.4, -0.2) is 31.7 Å². The second-order valence-electron chi connectivity index (χ2n) is 7.12. The summed E-state index contributed by atoms with van der Waals surface area (Å²) in [5, 5.41) is 6.87. The van der Waals surface area contributed by atoms with Crippen molar-refractivity contribution < 1.29 is 13.6 Å². The van der Waals surface area contributed by atoms with E-state index in [0.717, 1.165) is 36.3 Å². The average Bonchev–Trinajstić information content (AvgIpc) is 3.31. The van der Waals surface area contributed by atoms with Gasteiger partial charge in [-0.2, -0.15) is 13.9 Å². The second-order valence-corrected chi connectivity index (χ2v) is 7.12. The van der Waals surface area contributed by atoms with E-state index in [4.69, 9.17) is 0 Å². The molecule has 1 aliphatic rings. The Morgan fingerprint density at radius 3 is 2.64 bits per heavy atom. The number of carbonyl (C=O) groups is 1. The average molecular weight is 383 g/mol. The van der Waals surface area contributed by atoms with Crippen molar-refractivity contribution in [3.8, 4) is 16.9 Å². The van der Waals surface area contributed by atoms with E-state index in [1.54, 1.807) is 24.4 Å². The Hall–Kier alpha value is -3.16. The van der Waals surface area contributed by atoms with Crippen molar-refractivity contribution in [2.75, 3.05) is 0 Å². The number of nitrogens with one attached hydrogen (secondary N) is 1. The Morgan fingerprint density at radius 2 is 2.00 bits per heavy atom. The molecule has 0 aliphatic heterocycles. The van der Waals surface area contributed by atoms with Gasteiger partial charge in [0.25, 0.3) is 5.91 Å². The second kappa shape index (κ2) is 6.78. The van der Waals surface area contributed by atoms with Gasteiger partial charge in [0.05, 0.1) is 11.4 Å². The zero-order valence-corrected chi connectivity index (χ0v) is 15.5. The topological polar surface area (TPSA) is 72.7 Å². The maximum absolute atomic E-state index is 13.9. The summed E-state index contributed by atoms with van der Waals surface area (Å²) in [6.07, 6.45) is 4.70. The number of aryl methyl sites for hydroxylation is 1. The Labute approximate surface area is 160 Å². The number of rotatable bonds is 5. The summed E-state index contributed by atoms with van der Waals surface area (Å²) in [5.41, 5.74) is 2.96. The lowest BCUT2D eigenvalue weighted by atomic mass is 10.0. The highest BCUT2D eigenvalue weighted by Gasteiger charge is 2.32. The highest BCUT2D eigenvalue weighted by Crippen LogP contribution is 2.29. The first-order chi connectivity index (χ1) is 13.3. The normalized spacial score (nSPS) is 14.1. The molecule has 4 rings (SSSR count). The Morgan fingerprint density at radius 1 is 1.21 bits per heavy atom. The van der Waals surface area contributed by atoms with E-state index in [-0.39, 0.29) is 11.9 Å². The quantitative estimate of drug-likeness (QED) is 0.730. The van der Waals surface area contributed by atoms with Crippen LogP contribution in [-0.2, 0) is 5.92 Å². The van der Waals surface area contributed by atoms with E-state index in [2.05, 4.69) is 20.4 Å². The van der Waals surface area contributed by atoms with Gasteiger partial charge in [-0.15, -0.1) is 0 Å². The van der Waals surface area contributed by atoms with E-state index in [1.165, 1.54) is 0 Å². The Bertz CT molecular complexity index is 1020. The standard InChI is InChI=1S/C20H19F2N5O/c1-12-3-6-17(23-10-12)13-7-14(18(28)26-15-4-5-15)9-16(8-13)27-19(20(2,21)22)24-11-25-27/h3,6-11,15H,4-5H2,1-2H3,(H,26,28). The third-order valence-electron chi connectivity index (χ3n) is 4.48. The molecule has 144 valence electrons. The van der Waals surface area contributed by atoms with Crippen LogP contribution in [0.1, 0.15) is 41.5 Å². The first-order valence-electron chi connectivity index (χ1n) is 8.99. The molecule has 1 fully saturated rings. The molecule has 2 heterocycles. The van der Waals surface area contributed by atoms with Gasteiger partial charge in [0.2, 0.25) is 5.82 Å². The van der Waals surface area contributed by atoms with Crippen LogP contribution in [0.4, 0.5) is 8.78 Å². The third-order valence-corrected chi connectivity index (χ3v) is 4.48. The highest BCUT2D eigenvalue weighted by molar-refractivity contribution is 5.96. The number of alkyl halides is 2. The molecule has 0 unspecified atom stereocenters. The molecule has 0 saturated heterocycles. The maximum Gasteiger partial charge on any atom is 0.303 e. The lowest BCUT2D eigenvalue weighted by Gasteiger charge is -2.14. The van der Waals surface area contributed by atoms with Crippen LogP contribution in [0.15, 0.2) is 42.9 Å². The van der Waals surface area contributed by atoms with Crippen LogP contribution >= 0.6 is 0 Å². The van der Waals surface area contributed by atoms with Crippen molar-refractivity contribution in [1.29, 1.82) is 0 Å². The number of pyridine rings is 1. The predicted octanol–water partition coefficient (Wildman–Crippen LogP) is 3.64. The van der Waals surface area contributed by atoms with E-state index in [0.29, 0.717) is 22.5 Å². The predicted molar refractivity (Wildman–Crippen MR) is 99.4 cm³/mol. The molecule has 2 aromatic heterocycles. The van der Waals surface area contributed by atoms with Crippen LogP contribution in [0.2, 0.25) is 0 Å². The smallest absolute Gasteiger partial charge is 0.303 e. The van der Waals surface area contributed by atoms with Crippen molar-refractivity contribution in [3.05, 3.63) is 59.8 Å². The van der Waals surface area contributed by atoms with Gasteiger partial charge in [-0.3, -0.25) is 9.78 Å². The number of carbonyl (C=O) groups excluding carboxylic acids is 1. The summed E-state index contributed by atoms with van der Waals surface area (Å²) in [5.74, 6) is -3.91. The summed E-state index contributed by atoms with van der Waals surface area (Å²) in [4.78, 5) is 20.7. The minimum atomic E-state index is -3.18. The molecular formula is C20H19F2N5O. The summed E-state index contributed by atoms with van der Waals surface area (Å²) >= 11 is 0.